The first-order valence-corrected chi connectivity index (χ1v) is 5.16. The van der Waals surface area contributed by atoms with Gasteiger partial charge in [0.1, 0.15) is 0 Å². The molecule has 14 heavy (non-hydrogen) atoms. The molecule has 0 unspecified atom stereocenters. The quantitative estimate of drug-likeness (QED) is 0.695. The van der Waals surface area contributed by atoms with Crippen LogP contribution in [0.3, 0.4) is 0 Å². The number of benzene rings is 1. The first-order valence-electron chi connectivity index (χ1n) is 5.16. The summed E-state index contributed by atoms with van der Waals surface area (Å²) in [5.74, 6) is 0. The molecule has 1 nitrogen and oxygen atoms in total. The van der Waals surface area contributed by atoms with Gasteiger partial charge in [-0.15, -0.1) is 6.58 Å². The number of hydrogen-bond donors (Lipinski definition) is 1. The van der Waals surface area contributed by atoms with E-state index >= 15 is 0 Å². The highest BCUT2D eigenvalue weighted by atomic mass is 14.9. The van der Waals surface area contributed by atoms with Gasteiger partial charge in [0.25, 0.3) is 0 Å². The monoisotopic (exact) mass is 189 g/mol. The Morgan fingerprint density at radius 3 is 2.93 bits per heavy atom. The number of allylic oxidation sites excluding steroid dienone is 1. The minimum Gasteiger partial charge on any atom is -0.383 e. The number of nitrogens with one attached hydrogen (secondary N) is 1. The average molecular weight is 189 g/mol. The van der Waals surface area contributed by atoms with E-state index in [2.05, 4.69) is 50.0 Å². The summed E-state index contributed by atoms with van der Waals surface area (Å²) in [5, 5.41) is 3.47. The normalized spacial score (nSPS) is 12.1. The van der Waals surface area contributed by atoms with Crippen LogP contribution in [0.5, 0.6) is 0 Å². The Bertz CT molecular complexity index is 291. The summed E-state index contributed by atoms with van der Waals surface area (Å²) in [6, 6.07) is 8.98. The van der Waals surface area contributed by atoms with Crippen molar-refractivity contribution < 1.29 is 0 Å². The van der Waals surface area contributed by atoms with Gasteiger partial charge in [-0.2, -0.15) is 0 Å². The van der Waals surface area contributed by atoms with E-state index in [-0.39, 0.29) is 0 Å². The third kappa shape index (κ3) is 3.65. The van der Waals surface area contributed by atoms with Crippen molar-refractivity contribution in [2.45, 2.75) is 32.7 Å². The Labute approximate surface area is 86.8 Å². The maximum absolute atomic E-state index is 3.73. The second kappa shape index (κ2) is 5.48. The SMILES string of the molecule is C=CCC[C@@H](C)Nc1cccc(C)c1. The molecule has 1 atom stereocenters. The number of anilines is 1. The number of hydrogen-bond acceptors (Lipinski definition) is 1. The molecule has 0 aliphatic rings. The van der Waals surface area contributed by atoms with Crippen LogP contribution in [-0.2, 0) is 0 Å². The molecule has 0 heterocycles. The average Bonchev–Trinajstić information content (AvgIpc) is 2.15. The third-order valence-corrected chi connectivity index (χ3v) is 2.23. The molecule has 0 amide bonds. The Hall–Kier alpha value is -1.24. The molecule has 0 aromatic heterocycles. The molecular weight excluding hydrogens is 170 g/mol. The van der Waals surface area contributed by atoms with Crippen molar-refractivity contribution >= 4 is 5.69 Å². The van der Waals surface area contributed by atoms with Crippen LogP contribution in [0, 0.1) is 6.92 Å². The molecule has 1 aromatic rings. The molecule has 1 N–H and O–H groups in total. The highest BCUT2D eigenvalue weighted by molar-refractivity contribution is 5.45. The summed E-state index contributed by atoms with van der Waals surface area (Å²) in [7, 11) is 0. The first kappa shape index (κ1) is 10.8. The van der Waals surface area contributed by atoms with Crippen LogP contribution in [-0.4, -0.2) is 6.04 Å². The minimum absolute atomic E-state index is 0.509. The Morgan fingerprint density at radius 1 is 1.50 bits per heavy atom. The predicted octanol–water partition coefficient (Wildman–Crippen LogP) is 3.76. The molecule has 1 heteroatoms. The van der Waals surface area contributed by atoms with Gasteiger partial charge in [-0.1, -0.05) is 18.2 Å². The van der Waals surface area contributed by atoms with E-state index in [1.165, 1.54) is 11.3 Å². The van der Waals surface area contributed by atoms with E-state index in [1.807, 2.05) is 6.08 Å². The molecule has 0 fully saturated rings. The molecular formula is C13H19N. The highest BCUT2D eigenvalue weighted by Crippen LogP contribution is 2.12. The highest BCUT2D eigenvalue weighted by Gasteiger charge is 1.99. The lowest BCUT2D eigenvalue weighted by Gasteiger charge is -2.14. The lowest BCUT2D eigenvalue weighted by molar-refractivity contribution is 0.719. The van der Waals surface area contributed by atoms with Gasteiger partial charge in [0.05, 0.1) is 0 Å². The van der Waals surface area contributed by atoms with E-state index in [0.717, 1.165) is 12.8 Å². The van der Waals surface area contributed by atoms with E-state index in [0.29, 0.717) is 6.04 Å². The van der Waals surface area contributed by atoms with Crippen LogP contribution in [0.4, 0.5) is 5.69 Å². The van der Waals surface area contributed by atoms with Crippen LogP contribution in [0.2, 0.25) is 0 Å². The maximum atomic E-state index is 3.73. The molecule has 0 saturated carbocycles. The van der Waals surface area contributed by atoms with E-state index < -0.39 is 0 Å². The summed E-state index contributed by atoms with van der Waals surface area (Å²) >= 11 is 0. The summed E-state index contributed by atoms with van der Waals surface area (Å²) in [5.41, 5.74) is 2.51. The molecule has 76 valence electrons. The van der Waals surface area contributed by atoms with Crippen LogP contribution >= 0.6 is 0 Å². The number of aryl methyl sites for hydroxylation is 1. The Kier molecular flexibility index (Phi) is 4.24. The zero-order chi connectivity index (χ0) is 10.4. The fourth-order valence-corrected chi connectivity index (χ4v) is 1.46. The molecule has 0 saturated heterocycles. The van der Waals surface area contributed by atoms with Crippen molar-refractivity contribution in [3.63, 3.8) is 0 Å². The van der Waals surface area contributed by atoms with Crippen LogP contribution < -0.4 is 5.32 Å². The maximum Gasteiger partial charge on any atom is 0.0344 e. The van der Waals surface area contributed by atoms with Gasteiger partial charge >= 0.3 is 0 Å². The van der Waals surface area contributed by atoms with Gasteiger partial charge in [-0.25, -0.2) is 0 Å². The predicted molar refractivity (Wildman–Crippen MR) is 63.7 cm³/mol. The van der Waals surface area contributed by atoms with Crippen LogP contribution in [0.15, 0.2) is 36.9 Å². The Balaban J connectivity index is 2.47. The topological polar surface area (TPSA) is 12.0 Å². The first-order chi connectivity index (χ1) is 6.72. The zero-order valence-corrected chi connectivity index (χ0v) is 9.09. The van der Waals surface area contributed by atoms with Crippen LogP contribution in [0.1, 0.15) is 25.3 Å². The van der Waals surface area contributed by atoms with Gasteiger partial charge in [0.2, 0.25) is 0 Å². The van der Waals surface area contributed by atoms with Gasteiger partial charge < -0.3 is 5.32 Å². The lowest BCUT2D eigenvalue weighted by Crippen LogP contribution is -2.14. The molecule has 0 radical (unpaired) electrons. The summed E-state index contributed by atoms with van der Waals surface area (Å²) < 4.78 is 0. The van der Waals surface area contributed by atoms with E-state index in [1.54, 1.807) is 0 Å². The molecule has 0 spiro atoms. The third-order valence-electron chi connectivity index (χ3n) is 2.23. The molecule has 0 aliphatic heterocycles. The van der Waals surface area contributed by atoms with Crippen molar-refractivity contribution in [3.8, 4) is 0 Å². The van der Waals surface area contributed by atoms with E-state index in [4.69, 9.17) is 0 Å². The number of rotatable bonds is 5. The molecule has 0 bridgehead atoms. The largest absolute Gasteiger partial charge is 0.383 e. The van der Waals surface area contributed by atoms with Gasteiger partial charge in [0, 0.05) is 11.7 Å². The van der Waals surface area contributed by atoms with Crippen molar-refractivity contribution in [2.24, 2.45) is 0 Å². The van der Waals surface area contributed by atoms with Gasteiger partial charge in [-0.3, -0.25) is 0 Å². The second-order valence-corrected chi connectivity index (χ2v) is 3.78. The van der Waals surface area contributed by atoms with Crippen molar-refractivity contribution in [1.29, 1.82) is 0 Å². The smallest absolute Gasteiger partial charge is 0.0344 e. The molecule has 1 rings (SSSR count). The van der Waals surface area contributed by atoms with Crippen molar-refractivity contribution in [1.82, 2.24) is 0 Å². The summed E-state index contributed by atoms with van der Waals surface area (Å²) in [6.45, 7) is 8.04. The Morgan fingerprint density at radius 2 is 2.29 bits per heavy atom. The van der Waals surface area contributed by atoms with Gasteiger partial charge in [-0.05, 0) is 44.4 Å². The molecule has 0 aliphatic carbocycles. The minimum atomic E-state index is 0.509. The molecule has 1 aromatic carbocycles. The van der Waals surface area contributed by atoms with Crippen molar-refractivity contribution in [3.05, 3.63) is 42.5 Å². The van der Waals surface area contributed by atoms with E-state index in [9.17, 15) is 0 Å². The zero-order valence-electron chi connectivity index (χ0n) is 9.09. The standard InChI is InChI=1S/C13H19N/c1-4-5-8-12(3)14-13-9-6-7-11(2)10-13/h4,6-7,9-10,12,14H,1,5,8H2,2-3H3/t12-/m1/s1. The van der Waals surface area contributed by atoms with Crippen molar-refractivity contribution in [2.75, 3.05) is 5.32 Å². The second-order valence-electron chi connectivity index (χ2n) is 3.78. The van der Waals surface area contributed by atoms with Gasteiger partial charge in [0.15, 0.2) is 0 Å². The lowest BCUT2D eigenvalue weighted by atomic mass is 10.1. The van der Waals surface area contributed by atoms with Crippen LogP contribution in [0.25, 0.3) is 0 Å². The summed E-state index contributed by atoms with van der Waals surface area (Å²) in [4.78, 5) is 0. The fraction of sp³-hybridized carbons (Fsp3) is 0.385. The fourth-order valence-electron chi connectivity index (χ4n) is 1.46. The summed E-state index contributed by atoms with van der Waals surface area (Å²) in [6.07, 6.45) is 4.17.